The summed E-state index contributed by atoms with van der Waals surface area (Å²) in [6, 6.07) is 7.41. The second-order valence-electron chi connectivity index (χ2n) is 10.7. The molecular formula is C29H24ClF3N6O5S. The molecule has 0 bridgehead atoms. The number of nitrogens with one attached hydrogen (secondary N) is 1. The van der Waals surface area contributed by atoms with Gasteiger partial charge in [-0.3, -0.25) is 24.2 Å². The highest BCUT2D eigenvalue weighted by Gasteiger charge is 2.49. The van der Waals surface area contributed by atoms with Crippen molar-refractivity contribution in [2.45, 2.75) is 54.6 Å². The van der Waals surface area contributed by atoms with Crippen molar-refractivity contribution in [1.82, 2.24) is 15.3 Å². The third-order valence-corrected chi connectivity index (χ3v) is 8.85. The van der Waals surface area contributed by atoms with E-state index in [2.05, 4.69) is 15.3 Å². The Kier molecular flexibility index (Phi) is 8.56. The zero-order chi connectivity index (χ0) is 32.7. The Bertz CT molecular complexity index is 1850. The van der Waals surface area contributed by atoms with Crippen LogP contribution in [-0.2, 0) is 24.2 Å². The van der Waals surface area contributed by atoms with Gasteiger partial charge in [0.1, 0.15) is 29.7 Å². The highest BCUT2D eigenvalue weighted by molar-refractivity contribution is 7.90. The summed E-state index contributed by atoms with van der Waals surface area (Å²) in [5, 5.41) is 11.8. The average molecular weight is 661 g/mol. The second-order valence-corrected chi connectivity index (χ2v) is 13.1. The van der Waals surface area contributed by atoms with E-state index in [4.69, 9.17) is 11.6 Å². The Morgan fingerprint density at radius 2 is 1.91 bits per heavy atom. The van der Waals surface area contributed by atoms with E-state index in [0.717, 1.165) is 34.3 Å². The number of hydrogen-bond donors (Lipinski definition) is 1. The molecule has 3 aromatic rings. The molecule has 2 fully saturated rings. The highest BCUT2D eigenvalue weighted by atomic mass is 35.5. The summed E-state index contributed by atoms with van der Waals surface area (Å²) in [5.74, 6) is -6.86. The number of halogens is 4. The van der Waals surface area contributed by atoms with Crippen LogP contribution in [0.5, 0.6) is 0 Å². The number of nitrogens with zero attached hydrogens (tertiary/aromatic N) is 5. The first-order valence-electron chi connectivity index (χ1n) is 13.5. The minimum absolute atomic E-state index is 0.0138. The van der Waals surface area contributed by atoms with Crippen LogP contribution in [0.2, 0.25) is 5.02 Å². The molecule has 2 aromatic carbocycles. The van der Waals surface area contributed by atoms with E-state index in [1.54, 1.807) is 6.07 Å². The number of aromatic nitrogens is 2. The SMILES string of the molecule is CS(=O)(=O)c1cc(F)cc(N(C(=O)[C@@H]2CCC(=O)N2c2nccc(C#N)n2)[C@H](C(=O)NC2CC(F)(F)C2)c2ccccc2Cl)c1. The lowest BCUT2D eigenvalue weighted by molar-refractivity contribution is -0.133. The van der Waals surface area contributed by atoms with Crippen LogP contribution in [0.15, 0.2) is 59.6 Å². The number of nitriles is 1. The molecule has 2 atom stereocenters. The third-order valence-electron chi connectivity index (χ3n) is 7.41. The summed E-state index contributed by atoms with van der Waals surface area (Å²) in [4.78, 5) is 50.9. The Labute approximate surface area is 260 Å². The minimum atomic E-state index is -4.04. The summed E-state index contributed by atoms with van der Waals surface area (Å²) < 4.78 is 67.3. The number of benzene rings is 2. The summed E-state index contributed by atoms with van der Waals surface area (Å²) in [7, 11) is -4.04. The van der Waals surface area contributed by atoms with Gasteiger partial charge in [0.2, 0.25) is 17.8 Å². The number of amides is 3. The minimum Gasteiger partial charge on any atom is -0.351 e. The molecule has 2 aliphatic rings. The highest BCUT2D eigenvalue weighted by Crippen LogP contribution is 2.40. The first-order valence-corrected chi connectivity index (χ1v) is 15.8. The maximum absolute atomic E-state index is 15.0. The number of carbonyl (C=O) groups is 3. The zero-order valence-electron chi connectivity index (χ0n) is 23.5. The van der Waals surface area contributed by atoms with Crippen molar-refractivity contribution in [3.63, 3.8) is 0 Å². The quantitative estimate of drug-likeness (QED) is 0.384. The van der Waals surface area contributed by atoms with Gasteiger partial charge in [-0.15, -0.1) is 0 Å². The van der Waals surface area contributed by atoms with Gasteiger partial charge in [0.25, 0.3) is 11.8 Å². The van der Waals surface area contributed by atoms with Crippen LogP contribution in [-0.4, -0.2) is 60.4 Å². The number of hydrogen-bond acceptors (Lipinski definition) is 8. The van der Waals surface area contributed by atoms with Crippen molar-refractivity contribution in [2.24, 2.45) is 0 Å². The van der Waals surface area contributed by atoms with Gasteiger partial charge in [-0.2, -0.15) is 5.26 Å². The lowest BCUT2D eigenvalue weighted by Gasteiger charge is -2.39. The molecule has 0 unspecified atom stereocenters. The summed E-state index contributed by atoms with van der Waals surface area (Å²) >= 11 is 6.48. The molecular weight excluding hydrogens is 637 g/mol. The van der Waals surface area contributed by atoms with E-state index in [-0.39, 0.29) is 40.8 Å². The molecule has 16 heteroatoms. The fourth-order valence-electron chi connectivity index (χ4n) is 5.30. The lowest BCUT2D eigenvalue weighted by Crippen LogP contribution is -2.56. The maximum atomic E-state index is 15.0. The molecule has 11 nitrogen and oxygen atoms in total. The Balaban J connectivity index is 1.69. The standard InChI is InChI=1S/C29H24ClF3N6O5S/c1-45(43,44)20-11-16(31)10-19(12-20)38(27(42)23-6-7-24(40)39(23)28-35-9-8-17(15-34)37-28)25(21-4-2-3-5-22(21)30)26(41)36-18-13-29(32,33)14-18/h2-5,8-12,18,23,25H,6-7,13-14H2,1H3,(H,36,41)/t23-,25-/m0/s1. The van der Waals surface area contributed by atoms with E-state index in [9.17, 15) is 36.8 Å². The van der Waals surface area contributed by atoms with Gasteiger partial charge in [0.15, 0.2) is 9.84 Å². The summed E-state index contributed by atoms with van der Waals surface area (Å²) in [6.07, 6.45) is 0.445. The first kappa shape index (κ1) is 31.9. The van der Waals surface area contributed by atoms with Crippen molar-refractivity contribution < 1.29 is 36.0 Å². The maximum Gasteiger partial charge on any atom is 0.252 e. The monoisotopic (exact) mass is 660 g/mol. The number of carbonyl (C=O) groups excluding carboxylic acids is 3. The van der Waals surface area contributed by atoms with Crippen LogP contribution in [0, 0.1) is 17.1 Å². The smallest absolute Gasteiger partial charge is 0.252 e. The predicted molar refractivity (Wildman–Crippen MR) is 155 cm³/mol. The van der Waals surface area contributed by atoms with Gasteiger partial charge < -0.3 is 5.32 Å². The molecule has 3 amide bonds. The van der Waals surface area contributed by atoms with Crippen LogP contribution < -0.4 is 15.1 Å². The topological polar surface area (TPSA) is 153 Å². The van der Waals surface area contributed by atoms with E-state index in [1.807, 2.05) is 6.07 Å². The van der Waals surface area contributed by atoms with Gasteiger partial charge in [0, 0.05) is 54.0 Å². The molecule has 1 saturated carbocycles. The fraction of sp³-hybridized carbons (Fsp3) is 0.310. The normalized spacial score (nSPS) is 18.5. The Morgan fingerprint density at radius 3 is 2.56 bits per heavy atom. The molecule has 1 aliphatic heterocycles. The molecule has 234 valence electrons. The predicted octanol–water partition coefficient (Wildman–Crippen LogP) is 3.73. The van der Waals surface area contributed by atoms with E-state index in [0.29, 0.717) is 0 Å². The van der Waals surface area contributed by atoms with Crippen LogP contribution in [0.1, 0.15) is 43.0 Å². The van der Waals surface area contributed by atoms with Gasteiger partial charge >= 0.3 is 0 Å². The molecule has 5 rings (SSSR count). The van der Waals surface area contributed by atoms with Gasteiger partial charge in [0.05, 0.1) is 4.90 Å². The van der Waals surface area contributed by atoms with Gasteiger partial charge in [-0.1, -0.05) is 29.8 Å². The van der Waals surface area contributed by atoms with Crippen LogP contribution >= 0.6 is 11.6 Å². The van der Waals surface area contributed by atoms with Crippen molar-refractivity contribution in [3.8, 4) is 6.07 Å². The van der Waals surface area contributed by atoms with Gasteiger partial charge in [-0.25, -0.2) is 31.6 Å². The Hall–Kier alpha value is -4.55. The van der Waals surface area contributed by atoms with Gasteiger partial charge in [-0.05, 0) is 36.8 Å². The van der Waals surface area contributed by atoms with Crippen LogP contribution in [0.3, 0.4) is 0 Å². The van der Waals surface area contributed by atoms with Crippen molar-refractivity contribution in [1.29, 1.82) is 5.26 Å². The number of rotatable bonds is 8. The van der Waals surface area contributed by atoms with Crippen LogP contribution in [0.4, 0.5) is 24.8 Å². The number of anilines is 2. The third kappa shape index (κ3) is 6.62. The number of sulfone groups is 1. The van der Waals surface area contributed by atoms with Crippen LogP contribution in [0.25, 0.3) is 0 Å². The molecule has 1 N–H and O–H groups in total. The summed E-state index contributed by atoms with van der Waals surface area (Å²) in [5.41, 5.74) is -0.471. The average Bonchev–Trinajstić information content (AvgIpc) is 3.35. The molecule has 1 aromatic heterocycles. The molecule has 1 saturated heterocycles. The lowest BCUT2D eigenvalue weighted by atomic mass is 9.87. The number of alkyl halides is 2. The van der Waals surface area contributed by atoms with E-state index < -0.39 is 75.2 Å². The molecule has 2 heterocycles. The molecule has 45 heavy (non-hydrogen) atoms. The first-order chi connectivity index (χ1) is 21.2. The van der Waals surface area contributed by atoms with E-state index >= 15 is 4.39 Å². The van der Waals surface area contributed by atoms with Crippen molar-refractivity contribution in [2.75, 3.05) is 16.1 Å². The van der Waals surface area contributed by atoms with Crippen molar-refractivity contribution in [3.05, 3.63) is 76.8 Å². The van der Waals surface area contributed by atoms with Crippen molar-refractivity contribution >= 4 is 50.8 Å². The molecule has 0 radical (unpaired) electrons. The summed E-state index contributed by atoms with van der Waals surface area (Å²) in [6.45, 7) is 0. The van der Waals surface area contributed by atoms with E-state index in [1.165, 1.54) is 30.5 Å². The zero-order valence-corrected chi connectivity index (χ0v) is 25.0. The largest absolute Gasteiger partial charge is 0.351 e. The Morgan fingerprint density at radius 1 is 1.20 bits per heavy atom. The fourth-order valence-corrected chi connectivity index (χ4v) is 6.20. The second kappa shape index (κ2) is 12.1. The molecule has 1 aliphatic carbocycles. The molecule has 0 spiro atoms.